The van der Waals surface area contributed by atoms with Crippen LogP contribution >= 0.6 is 0 Å². The van der Waals surface area contributed by atoms with E-state index in [4.69, 9.17) is 4.74 Å². The van der Waals surface area contributed by atoms with E-state index in [2.05, 4.69) is 5.32 Å². The number of benzene rings is 1. The van der Waals surface area contributed by atoms with Crippen molar-refractivity contribution in [3.63, 3.8) is 0 Å². The standard InChI is InChI=1S/C16H21FN2O2/c1-11(2)21-9-8-19-14(12-4-3-5-13(17)10-12)18-16(6-7-16)15(19)20/h3-5,10-11,14,18H,6-9H2,1-2H3. The van der Waals surface area contributed by atoms with Gasteiger partial charge in [-0.25, -0.2) is 4.39 Å². The number of hydrogen-bond acceptors (Lipinski definition) is 3. The molecule has 1 saturated carbocycles. The predicted octanol–water partition coefficient (Wildman–Crippen LogP) is 2.21. The summed E-state index contributed by atoms with van der Waals surface area (Å²) in [6.45, 7) is 4.95. The molecular weight excluding hydrogens is 271 g/mol. The Morgan fingerprint density at radius 2 is 2.24 bits per heavy atom. The highest BCUT2D eigenvalue weighted by atomic mass is 19.1. The van der Waals surface area contributed by atoms with Gasteiger partial charge in [-0.3, -0.25) is 10.1 Å². The first-order valence-electron chi connectivity index (χ1n) is 7.48. The monoisotopic (exact) mass is 292 g/mol. The molecule has 2 aliphatic rings. The number of nitrogens with one attached hydrogen (secondary N) is 1. The molecule has 114 valence electrons. The molecule has 1 aliphatic heterocycles. The van der Waals surface area contributed by atoms with Crippen molar-refractivity contribution in [2.45, 2.75) is 44.5 Å². The zero-order valence-corrected chi connectivity index (χ0v) is 12.4. The van der Waals surface area contributed by atoms with Crippen LogP contribution in [0.5, 0.6) is 0 Å². The Morgan fingerprint density at radius 1 is 1.48 bits per heavy atom. The van der Waals surface area contributed by atoms with Crippen molar-refractivity contribution in [2.24, 2.45) is 0 Å². The fourth-order valence-electron chi connectivity index (χ4n) is 2.83. The van der Waals surface area contributed by atoms with E-state index in [-0.39, 0.29) is 24.0 Å². The summed E-state index contributed by atoms with van der Waals surface area (Å²) < 4.78 is 19.0. The van der Waals surface area contributed by atoms with Crippen molar-refractivity contribution in [3.8, 4) is 0 Å². The molecule has 0 radical (unpaired) electrons. The van der Waals surface area contributed by atoms with Crippen LogP contribution < -0.4 is 5.32 Å². The summed E-state index contributed by atoms with van der Waals surface area (Å²) in [7, 11) is 0. The number of carbonyl (C=O) groups excluding carboxylic acids is 1. The first kappa shape index (κ1) is 14.5. The summed E-state index contributed by atoms with van der Waals surface area (Å²) in [5.41, 5.74) is 0.381. The van der Waals surface area contributed by atoms with Crippen molar-refractivity contribution in [1.82, 2.24) is 10.2 Å². The fraction of sp³-hybridized carbons (Fsp3) is 0.562. The summed E-state index contributed by atoms with van der Waals surface area (Å²) in [5.74, 6) is -0.166. The minimum absolute atomic E-state index is 0.115. The zero-order valence-electron chi connectivity index (χ0n) is 12.4. The third-order valence-electron chi connectivity index (χ3n) is 4.09. The van der Waals surface area contributed by atoms with Crippen LogP contribution in [0.1, 0.15) is 38.4 Å². The molecule has 1 heterocycles. The summed E-state index contributed by atoms with van der Waals surface area (Å²) >= 11 is 0. The summed E-state index contributed by atoms with van der Waals surface area (Å²) in [4.78, 5) is 14.3. The average Bonchev–Trinajstić information content (AvgIpc) is 3.16. The van der Waals surface area contributed by atoms with Gasteiger partial charge in [-0.15, -0.1) is 0 Å². The topological polar surface area (TPSA) is 41.6 Å². The van der Waals surface area contributed by atoms with Crippen molar-refractivity contribution < 1.29 is 13.9 Å². The van der Waals surface area contributed by atoms with Gasteiger partial charge in [-0.1, -0.05) is 12.1 Å². The molecule has 1 N–H and O–H groups in total. The molecule has 1 aromatic carbocycles. The summed E-state index contributed by atoms with van der Waals surface area (Å²) in [6.07, 6.45) is 1.60. The number of amides is 1. The lowest BCUT2D eigenvalue weighted by Gasteiger charge is -2.25. The Balaban J connectivity index is 1.78. The van der Waals surface area contributed by atoms with Crippen LogP contribution in [0.4, 0.5) is 4.39 Å². The second-order valence-electron chi connectivity index (χ2n) is 6.10. The van der Waals surface area contributed by atoms with Crippen LogP contribution in [-0.4, -0.2) is 35.6 Å². The van der Waals surface area contributed by atoms with E-state index in [0.717, 1.165) is 18.4 Å². The lowest BCUT2D eigenvalue weighted by molar-refractivity contribution is -0.131. The highest BCUT2D eigenvalue weighted by Crippen LogP contribution is 2.45. The fourth-order valence-corrected chi connectivity index (χ4v) is 2.83. The molecule has 1 saturated heterocycles. The maximum absolute atomic E-state index is 13.5. The molecule has 1 spiro atoms. The quantitative estimate of drug-likeness (QED) is 0.904. The van der Waals surface area contributed by atoms with E-state index in [1.54, 1.807) is 11.0 Å². The Morgan fingerprint density at radius 3 is 2.86 bits per heavy atom. The molecule has 2 fully saturated rings. The number of carbonyl (C=O) groups is 1. The molecule has 3 rings (SSSR count). The van der Waals surface area contributed by atoms with Crippen LogP contribution in [0.15, 0.2) is 24.3 Å². The van der Waals surface area contributed by atoms with Crippen LogP contribution in [0.2, 0.25) is 0 Å². The van der Waals surface area contributed by atoms with Crippen LogP contribution in [0, 0.1) is 5.82 Å². The van der Waals surface area contributed by atoms with Crippen molar-refractivity contribution in [2.75, 3.05) is 13.2 Å². The predicted molar refractivity (Wildman–Crippen MR) is 77.0 cm³/mol. The average molecular weight is 292 g/mol. The van der Waals surface area contributed by atoms with Gasteiger partial charge < -0.3 is 9.64 Å². The molecule has 5 heteroatoms. The molecule has 1 aromatic rings. The Bertz CT molecular complexity index is 543. The zero-order chi connectivity index (χ0) is 15.0. The number of ether oxygens (including phenoxy) is 1. The maximum Gasteiger partial charge on any atom is 0.244 e. The van der Waals surface area contributed by atoms with Gasteiger partial charge in [0.1, 0.15) is 17.5 Å². The second-order valence-corrected chi connectivity index (χ2v) is 6.10. The molecule has 21 heavy (non-hydrogen) atoms. The molecule has 1 aliphatic carbocycles. The van der Waals surface area contributed by atoms with Gasteiger partial charge in [0.05, 0.1) is 12.7 Å². The molecule has 1 atom stereocenters. The van der Waals surface area contributed by atoms with E-state index in [9.17, 15) is 9.18 Å². The minimum Gasteiger partial charge on any atom is -0.377 e. The highest BCUT2D eigenvalue weighted by Gasteiger charge is 2.59. The first-order valence-corrected chi connectivity index (χ1v) is 7.48. The summed E-state index contributed by atoms with van der Waals surface area (Å²) in [5, 5.41) is 3.38. The Labute approximate surface area is 124 Å². The number of halogens is 1. The third-order valence-corrected chi connectivity index (χ3v) is 4.09. The van der Waals surface area contributed by atoms with E-state index in [1.807, 2.05) is 19.9 Å². The molecule has 4 nitrogen and oxygen atoms in total. The SMILES string of the molecule is CC(C)OCCN1C(=O)C2(CC2)NC1c1cccc(F)c1. The van der Waals surface area contributed by atoms with E-state index in [1.165, 1.54) is 12.1 Å². The second kappa shape index (κ2) is 5.39. The van der Waals surface area contributed by atoms with Gasteiger partial charge in [0, 0.05) is 6.54 Å². The maximum atomic E-state index is 13.5. The van der Waals surface area contributed by atoms with Gasteiger partial charge in [0.2, 0.25) is 5.91 Å². The number of rotatable bonds is 5. The Kier molecular flexibility index (Phi) is 3.71. The lowest BCUT2D eigenvalue weighted by Crippen LogP contribution is -2.35. The van der Waals surface area contributed by atoms with Gasteiger partial charge in [0.25, 0.3) is 0 Å². The molecular formula is C16H21FN2O2. The van der Waals surface area contributed by atoms with Gasteiger partial charge >= 0.3 is 0 Å². The van der Waals surface area contributed by atoms with E-state index in [0.29, 0.717) is 13.2 Å². The van der Waals surface area contributed by atoms with Crippen molar-refractivity contribution in [3.05, 3.63) is 35.6 Å². The molecule has 0 aromatic heterocycles. The van der Waals surface area contributed by atoms with Gasteiger partial charge in [-0.2, -0.15) is 0 Å². The van der Waals surface area contributed by atoms with Crippen molar-refractivity contribution >= 4 is 5.91 Å². The van der Waals surface area contributed by atoms with Crippen LogP contribution in [0.25, 0.3) is 0 Å². The van der Waals surface area contributed by atoms with Crippen LogP contribution in [-0.2, 0) is 9.53 Å². The van der Waals surface area contributed by atoms with Gasteiger partial charge in [-0.05, 0) is 44.4 Å². The lowest BCUT2D eigenvalue weighted by atomic mass is 10.1. The molecule has 1 amide bonds. The largest absolute Gasteiger partial charge is 0.377 e. The molecule has 0 bridgehead atoms. The Hall–Kier alpha value is -1.46. The van der Waals surface area contributed by atoms with E-state index < -0.39 is 5.54 Å². The smallest absolute Gasteiger partial charge is 0.244 e. The van der Waals surface area contributed by atoms with E-state index >= 15 is 0 Å². The normalized spacial score (nSPS) is 23.3. The van der Waals surface area contributed by atoms with Crippen molar-refractivity contribution in [1.29, 1.82) is 0 Å². The minimum atomic E-state index is -0.408. The van der Waals surface area contributed by atoms with Gasteiger partial charge in [0.15, 0.2) is 0 Å². The first-order chi connectivity index (χ1) is 10.0. The number of nitrogens with zero attached hydrogens (tertiary/aromatic N) is 1. The summed E-state index contributed by atoms with van der Waals surface area (Å²) in [6, 6.07) is 6.44. The number of hydrogen-bond donors (Lipinski definition) is 1. The molecule has 1 unspecified atom stereocenters. The highest BCUT2D eigenvalue weighted by molar-refractivity contribution is 5.92. The third kappa shape index (κ3) is 2.80. The van der Waals surface area contributed by atoms with Crippen LogP contribution in [0.3, 0.4) is 0 Å².